The Labute approximate surface area is 107 Å². The first-order valence-corrected chi connectivity index (χ1v) is 6.55. The van der Waals surface area contributed by atoms with Crippen molar-refractivity contribution in [1.29, 1.82) is 0 Å². The summed E-state index contributed by atoms with van der Waals surface area (Å²) in [5.74, 6) is -0.339. The molecule has 5 nitrogen and oxygen atoms in total. The molecule has 0 aromatic heterocycles. The maximum absolute atomic E-state index is 10.4. The molecule has 1 aliphatic carbocycles. The Hall–Kier alpha value is -1.52. The Morgan fingerprint density at radius 1 is 1.44 bits per heavy atom. The molecule has 0 radical (unpaired) electrons. The first-order valence-electron chi connectivity index (χ1n) is 6.55. The van der Waals surface area contributed by atoms with Crippen molar-refractivity contribution < 1.29 is 14.6 Å². The monoisotopic (exact) mass is 252 g/mol. The molecule has 0 amide bonds. The quantitative estimate of drug-likeness (QED) is 0.747. The predicted molar refractivity (Wildman–Crippen MR) is 68.3 cm³/mol. The van der Waals surface area contributed by atoms with Crippen molar-refractivity contribution in [2.45, 2.75) is 50.5 Å². The number of nitrogens with two attached hydrogens (primary N) is 1. The highest BCUT2D eigenvalue weighted by Crippen LogP contribution is 2.38. The average Bonchev–Trinajstić information content (AvgIpc) is 2.62. The molecule has 5 heteroatoms. The highest BCUT2D eigenvalue weighted by atomic mass is 16.5. The van der Waals surface area contributed by atoms with Gasteiger partial charge in [0.25, 0.3) is 0 Å². The molecule has 18 heavy (non-hydrogen) atoms. The molecule has 0 saturated heterocycles. The molecule has 1 spiro atoms. The minimum atomic E-state index is -0.777. The lowest BCUT2D eigenvalue weighted by molar-refractivity contribution is -0.137. The van der Waals surface area contributed by atoms with Crippen molar-refractivity contribution in [3.8, 4) is 0 Å². The number of rotatable bonds is 4. The fourth-order valence-electron chi connectivity index (χ4n) is 2.67. The van der Waals surface area contributed by atoms with Gasteiger partial charge in [0, 0.05) is 19.0 Å². The van der Waals surface area contributed by atoms with Crippen LogP contribution in [0.2, 0.25) is 0 Å². The van der Waals surface area contributed by atoms with E-state index in [-0.39, 0.29) is 12.0 Å². The number of ether oxygens (including phenoxy) is 1. The van der Waals surface area contributed by atoms with E-state index < -0.39 is 5.97 Å². The maximum atomic E-state index is 10.4. The summed E-state index contributed by atoms with van der Waals surface area (Å²) in [6.45, 7) is 0.524. The second kappa shape index (κ2) is 5.42. The van der Waals surface area contributed by atoms with Gasteiger partial charge in [-0.2, -0.15) is 0 Å². The number of carboxylic acids is 1. The highest BCUT2D eigenvalue weighted by Gasteiger charge is 2.42. The molecule has 0 unspecified atom stereocenters. The molecule has 0 bridgehead atoms. The molecule has 3 N–H and O–H groups in total. The van der Waals surface area contributed by atoms with Crippen LogP contribution in [0.1, 0.15) is 44.9 Å². The SMILES string of the molecule is NC1=CC(=NCCCC(=O)O)C2(CCCCC2)O1. The fraction of sp³-hybridized carbons (Fsp3) is 0.692. The standard InChI is InChI=1S/C13H20N2O3/c14-11-9-10(15-8-4-5-12(16)17)13(18-11)6-2-1-3-7-13/h9H,1-8,14H2,(H,16,17). The van der Waals surface area contributed by atoms with Gasteiger partial charge in [-0.1, -0.05) is 6.42 Å². The number of hydrogen-bond donors (Lipinski definition) is 2. The largest absolute Gasteiger partial charge is 0.481 e. The smallest absolute Gasteiger partial charge is 0.303 e. The van der Waals surface area contributed by atoms with Crippen molar-refractivity contribution in [3.63, 3.8) is 0 Å². The second-order valence-corrected chi connectivity index (χ2v) is 4.97. The lowest BCUT2D eigenvalue weighted by atomic mass is 9.82. The van der Waals surface area contributed by atoms with Crippen LogP contribution in [0.3, 0.4) is 0 Å². The van der Waals surface area contributed by atoms with Gasteiger partial charge in [0.1, 0.15) is 0 Å². The molecule has 100 valence electrons. The Kier molecular flexibility index (Phi) is 3.89. The van der Waals surface area contributed by atoms with Crippen molar-refractivity contribution >= 4 is 11.7 Å². The lowest BCUT2D eigenvalue weighted by Gasteiger charge is -2.33. The van der Waals surface area contributed by atoms with Gasteiger partial charge in [0.15, 0.2) is 11.5 Å². The molecular formula is C13H20N2O3. The van der Waals surface area contributed by atoms with Crippen LogP contribution in [-0.2, 0) is 9.53 Å². The zero-order chi connectivity index (χ0) is 13.0. The Balaban J connectivity index is 1.99. The van der Waals surface area contributed by atoms with Crippen LogP contribution < -0.4 is 5.73 Å². The third-order valence-electron chi connectivity index (χ3n) is 3.55. The van der Waals surface area contributed by atoms with Gasteiger partial charge in [-0.25, -0.2) is 0 Å². The number of aliphatic carboxylic acids is 1. The van der Waals surface area contributed by atoms with Gasteiger partial charge in [0.2, 0.25) is 0 Å². The molecule has 2 rings (SSSR count). The van der Waals surface area contributed by atoms with Gasteiger partial charge < -0.3 is 15.6 Å². The van der Waals surface area contributed by atoms with E-state index in [1.165, 1.54) is 6.42 Å². The van der Waals surface area contributed by atoms with E-state index in [2.05, 4.69) is 4.99 Å². The number of nitrogens with zero attached hydrogens (tertiary/aromatic N) is 1. The van der Waals surface area contributed by atoms with Crippen LogP contribution >= 0.6 is 0 Å². The van der Waals surface area contributed by atoms with Gasteiger partial charge >= 0.3 is 5.97 Å². The summed E-state index contributed by atoms with van der Waals surface area (Å²) >= 11 is 0. The van der Waals surface area contributed by atoms with E-state index in [1.807, 2.05) is 0 Å². The summed E-state index contributed by atoms with van der Waals surface area (Å²) in [5.41, 5.74) is 6.34. The van der Waals surface area contributed by atoms with Crippen molar-refractivity contribution in [2.75, 3.05) is 6.54 Å². The number of carbonyl (C=O) groups is 1. The molecule has 1 heterocycles. The van der Waals surface area contributed by atoms with Crippen molar-refractivity contribution in [1.82, 2.24) is 0 Å². The van der Waals surface area contributed by atoms with E-state index in [9.17, 15) is 4.79 Å². The minimum absolute atomic E-state index is 0.157. The first-order chi connectivity index (χ1) is 8.62. The zero-order valence-corrected chi connectivity index (χ0v) is 10.5. The third-order valence-corrected chi connectivity index (χ3v) is 3.55. The molecule has 1 aliphatic heterocycles. The highest BCUT2D eigenvalue weighted by molar-refractivity contribution is 6.04. The average molecular weight is 252 g/mol. The molecule has 1 saturated carbocycles. The van der Waals surface area contributed by atoms with Crippen LogP contribution in [0, 0.1) is 0 Å². The summed E-state index contributed by atoms with van der Waals surface area (Å²) in [4.78, 5) is 14.9. The summed E-state index contributed by atoms with van der Waals surface area (Å²) in [6, 6.07) is 0. The fourth-order valence-corrected chi connectivity index (χ4v) is 2.67. The molecule has 2 aliphatic rings. The third kappa shape index (κ3) is 2.83. The van der Waals surface area contributed by atoms with Crippen LogP contribution in [0.4, 0.5) is 0 Å². The van der Waals surface area contributed by atoms with Gasteiger partial charge in [-0.05, 0) is 32.1 Å². The zero-order valence-electron chi connectivity index (χ0n) is 10.5. The van der Waals surface area contributed by atoms with Gasteiger partial charge in [-0.15, -0.1) is 0 Å². The Morgan fingerprint density at radius 3 is 2.83 bits per heavy atom. The Bertz CT molecular complexity index is 382. The molecule has 1 fully saturated rings. The minimum Gasteiger partial charge on any atom is -0.481 e. The number of aliphatic imine (C=N–C) groups is 1. The summed E-state index contributed by atoms with van der Waals surface area (Å²) in [5, 5.41) is 8.58. The van der Waals surface area contributed by atoms with Crippen LogP contribution in [0.15, 0.2) is 17.0 Å². The van der Waals surface area contributed by atoms with Crippen LogP contribution in [0.25, 0.3) is 0 Å². The summed E-state index contributed by atoms with van der Waals surface area (Å²) in [7, 11) is 0. The van der Waals surface area contributed by atoms with E-state index in [4.69, 9.17) is 15.6 Å². The van der Waals surface area contributed by atoms with E-state index in [0.717, 1.165) is 31.4 Å². The van der Waals surface area contributed by atoms with Gasteiger partial charge in [-0.3, -0.25) is 9.79 Å². The van der Waals surface area contributed by atoms with Crippen molar-refractivity contribution in [2.24, 2.45) is 10.7 Å². The number of hydrogen-bond acceptors (Lipinski definition) is 4. The molecule has 0 atom stereocenters. The molecule has 0 aromatic rings. The van der Waals surface area contributed by atoms with E-state index in [1.54, 1.807) is 6.08 Å². The Morgan fingerprint density at radius 2 is 2.17 bits per heavy atom. The first kappa shape index (κ1) is 12.9. The summed E-state index contributed by atoms with van der Waals surface area (Å²) in [6.07, 6.45) is 7.93. The summed E-state index contributed by atoms with van der Waals surface area (Å²) < 4.78 is 5.77. The van der Waals surface area contributed by atoms with Gasteiger partial charge in [0.05, 0.1) is 5.71 Å². The van der Waals surface area contributed by atoms with E-state index in [0.29, 0.717) is 18.8 Å². The normalized spacial score (nSPS) is 24.0. The lowest BCUT2D eigenvalue weighted by Crippen LogP contribution is -2.39. The maximum Gasteiger partial charge on any atom is 0.303 e. The van der Waals surface area contributed by atoms with Crippen molar-refractivity contribution in [3.05, 3.63) is 12.0 Å². The van der Waals surface area contributed by atoms with E-state index >= 15 is 0 Å². The number of carboxylic acid groups (broad SMARTS) is 1. The second-order valence-electron chi connectivity index (χ2n) is 4.97. The predicted octanol–water partition coefficient (Wildman–Crippen LogP) is 1.83. The molecule has 0 aromatic carbocycles. The molecular weight excluding hydrogens is 232 g/mol. The van der Waals surface area contributed by atoms with Crippen LogP contribution in [-0.4, -0.2) is 28.9 Å². The topological polar surface area (TPSA) is 84.9 Å². The van der Waals surface area contributed by atoms with Crippen LogP contribution in [0.5, 0.6) is 0 Å².